The van der Waals surface area contributed by atoms with Gasteiger partial charge in [0.15, 0.2) is 0 Å². The maximum absolute atomic E-state index is 12.6. The number of hydrogen-bond donors (Lipinski definition) is 1. The highest BCUT2D eigenvalue weighted by molar-refractivity contribution is 5.94. The van der Waals surface area contributed by atoms with Crippen molar-refractivity contribution in [2.75, 3.05) is 39.3 Å². The minimum absolute atomic E-state index is 0.105. The first kappa shape index (κ1) is 18.2. The van der Waals surface area contributed by atoms with Gasteiger partial charge in [-0.3, -0.25) is 14.6 Å². The molecule has 2 unspecified atom stereocenters. The molecule has 2 fully saturated rings. The number of hydrogen-bond acceptors (Lipinski definition) is 4. The number of aliphatic hydroxyl groups excluding tert-OH is 1. The summed E-state index contributed by atoms with van der Waals surface area (Å²) in [6, 6.07) is 20.0. The zero-order valence-electron chi connectivity index (χ0n) is 15.6. The molecule has 1 N–H and O–H groups in total. The van der Waals surface area contributed by atoms with Gasteiger partial charge in [-0.25, -0.2) is 0 Å². The van der Waals surface area contributed by atoms with Crippen molar-refractivity contribution in [2.24, 2.45) is 0 Å². The van der Waals surface area contributed by atoms with Gasteiger partial charge in [-0.05, 0) is 17.7 Å². The average molecular weight is 365 g/mol. The normalized spacial score (nSPS) is 24.3. The van der Waals surface area contributed by atoms with Crippen LogP contribution in [0.4, 0.5) is 0 Å². The Bertz CT molecular complexity index is 745. The van der Waals surface area contributed by atoms with Crippen molar-refractivity contribution in [3.05, 3.63) is 71.8 Å². The number of carbonyl (C=O) groups is 1. The molecule has 2 aliphatic rings. The number of nitrogens with zero attached hydrogens (tertiary/aromatic N) is 3. The molecule has 0 spiro atoms. The van der Waals surface area contributed by atoms with E-state index in [9.17, 15) is 9.90 Å². The number of amides is 1. The smallest absolute Gasteiger partial charge is 0.253 e. The van der Waals surface area contributed by atoms with Crippen LogP contribution < -0.4 is 0 Å². The molecule has 142 valence electrons. The van der Waals surface area contributed by atoms with E-state index in [2.05, 4.69) is 34.1 Å². The van der Waals surface area contributed by atoms with Crippen molar-refractivity contribution in [3.63, 3.8) is 0 Å². The van der Waals surface area contributed by atoms with Crippen LogP contribution >= 0.6 is 0 Å². The zero-order valence-corrected chi connectivity index (χ0v) is 15.6. The van der Waals surface area contributed by atoms with E-state index in [0.717, 1.165) is 44.8 Å². The van der Waals surface area contributed by atoms with Crippen molar-refractivity contribution in [2.45, 2.75) is 18.7 Å². The maximum atomic E-state index is 12.6. The van der Waals surface area contributed by atoms with Crippen LogP contribution in [0.25, 0.3) is 0 Å². The van der Waals surface area contributed by atoms with Gasteiger partial charge >= 0.3 is 0 Å². The monoisotopic (exact) mass is 365 g/mol. The van der Waals surface area contributed by atoms with E-state index in [0.29, 0.717) is 6.54 Å². The summed E-state index contributed by atoms with van der Waals surface area (Å²) >= 11 is 0. The summed E-state index contributed by atoms with van der Waals surface area (Å²) in [7, 11) is 0. The van der Waals surface area contributed by atoms with E-state index in [1.54, 1.807) is 0 Å². The fourth-order valence-corrected chi connectivity index (χ4v) is 4.20. The molecular formula is C22H27N3O2. The third-order valence-electron chi connectivity index (χ3n) is 5.67. The number of piperazine rings is 1. The summed E-state index contributed by atoms with van der Waals surface area (Å²) in [6.45, 7) is 5.54. The molecule has 5 nitrogen and oxygen atoms in total. The Morgan fingerprint density at radius 1 is 0.889 bits per heavy atom. The number of likely N-dealkylation sites (tertiary alicyclic amines) is 1. The minimum atomic E-state index is -0.329. The van der Waals surface area contributed by atoms with Crippen molar-refractivity contribution in [3.8, 4) is 0 Å². The van der Waals surface area contributed by atoms with E-state index in [1.807, 2.05) is 41.3 Å². The highest BCUT2D eigenvalue weighted by Gasteiger charge is 2.37. The van der Waals surface area contributed by atoms with Gasteiger partial charge < -0.3 is 10.0 Å². The Balaban J connectivity index is 1.31. The van der Waals surface area contributed by atoms with Crippen LogP contribution in [0.3, 0.4) is 0 Å². The Kier molecular flexibility index (Phi) is 5.53. The van der Waals surface area contributed by atoms with Crippen molar-refractivity contribution in [1.29, 1.82) is 0 Å². The molecule has 2 aliphatic heterocycles. The topological polar surface area (TPSA) is 47.0 Å². The molecule has 0 radical (unpaired) electrons. The highest BCUT2D eigenvalue weighted by Crippen LogP contribution is 2.21. The second kappa shape index (κ2) is 8.21. The van der Waals surface area contributed by atoms with Crippen molar-refractivity contribution in [1.82, 2.24) is 14.7 Å². The van der Waals surface area contributed by atoms with Gasteiger partial charge in [-0.15, -0.1) is 0 Å². The second-order valence-corrected chi connectivity index (χ2v) is 7.51. The van der Waals surface area contributed by atoms with Crippen LogP contribution in [0.1, 0.15) is 15.9 Å². The minimum Gasteiger partial charge on any atom is -0.390 e. The molecule has 0 bridgehead atoms. The van der Waals surface area contributed by atoms with Crippen LogP contribution in [0, 0.1) is 0 Å². The summed E-state index contributed by atoms with van der Waals surface area (Å²) in [4.78, 5) is 19.2. The third-order valence-corrected chi connectivity index (χ3v) is 5.67. The van der Waals surface area contributed by atoms with Crippen LogP contribution in [0.5, 0.6) is 0 Å². The zero-order chi connectivity index (χ0) is 18.6. The molecule has 2 saturated heterocycles. The van der Waals surface area contributed by atoms with Gasteiger partial charge in [-0.2, -0.15) is 0 Å². The maximum Gasteiger partial charge on any atom is 0.253 e. The highest BCUT2D eigenvalue weighted by atomic mass is 16.3. The standard InChI is InChI=1S/C22H27N3O2/c26-21-17-23(15-18-7-3-1-4-8-18)16-20(21)24-11-13-25(14-12-24)22(27)19-9-5-2-6-10-19/h1-10,20-21,26H,11-17H2. The summed E-state index contributed by atoms with van der Waals surface area (Å²) < 4.78 is 0. The number of aliphatic hydroxyl groups is 1. The number of benzene rings is 2. The van der Waals surface area contributed by atoms with Gasteiger partial charge in [0.25, 0.3) is 5.91 Å². The molecule has 27 heavy (non-hydrogen) atoms. The lowest BCUT2D eigenvalue weighted by atomic mass is 10.1. The van der Waals surface area contributed by atoms with Crippen LogP contribution in [0.15, 0.2) is 60.7 Å². The van der Waals surface area contributed by atoms with Crippen molar-refractivity contribution >= 4 is 5.91 Å². The predicted molar refractivity (Wildman–Crippen MR) is 105 cm³/mol. The Labute approximate surface area is 160 Å². The summed E-state index contributed by atoms with van der Waals surface area (Å²) in [5.41, 5.74) is 2.03. The average Bonchev–Trinajstić information content (AvgIpc) is 3.09. The van der Waals surface area contributed by atoms with Crippen molar-refractivity contribution < 1.29 is 9.90 Å². The number of β-amino-alcohol motifs (C(OH)–C–C–N with tert-alkyl or cyclic N) is 1. The van der Waals surface area contributed by atoms with Gasteiger partial charge in [0.1, 0.15) is 0 Å². The molecule has 2 heterocycles. The third kappa shape index (κ3) is 4.21. The first-order valence-electron chi connectivity index (χ1n) is 9.73. The molecule has 2 aromatic carbocycles. The summed E-state index contributed by atoms with van der Waals surface area (Å²) in [5, 5.41) is 10.6. The largest absolute Gasteiger partial charge is 0.390 e. The van der Waals surface area contributed by atoms with Crippen LogP contribution in [-0.4, -0.2) is 77.1 Å². The second-order valence-electron chi connectivity index (χ2n) is 7.51. The quantitative estimate of drug-likeness (QED) is 0.896. The van der Waals surface area contributed by atoms with E-state index in [4.69, 9.17) is 0 Å². The van der Waals surface area contributed by atoms with Gasteiger partial charge in [0.2, 0.25) is 0 Å². The SMILES string of the molecule is O=C(c1ccccc1)N1CCN(C2CN(Cc3ccccc3)CC2O)CC1. The van der Waals surface area contributed by atoms with E-state index >= 15 is 0 Å². The fourth-order valence-electron chi connectivity index (χ4n) is 4.20. The first-order chi connectivity index (χ1) is 13.2. The Morgan fingerprint density at radius 2 is 1.52 bits per heavy atom. The lowest BCUT2D eigenvalue weighted by Gasteiger charge is -2.38. The number of carbonyl (C=O) groups excluding carboxylic acids is 1. The molecule has 0 aromatic heterocycles. The summed E-state index contributed by atoms with van der Waals surface area (Å²) in [5.74, 6) is 0.105. The molecule has 0 aliphatic carbocycles. The molecule has 2 atom stereocenters. The van der Waals surface area contributed by atoms with Gasteiger partial charge in [0, 0.05) is 57.4 Å². The molecule has 2 aromatic rings. The van der Waals surface area contributed by atoms with Crippen LogP contribution in [-0.2, 0) is 6.54 Å². The van der Waals surface area contributed by atoms with Gasteiger partial charge in [0.05, 0.1) is 6.10 Å². The lowest BCUT2D eigenvalue weighted by Crippen LogP contribution is -2.54. The van der Waals surface area contributed by atoms with E-state index in [1.165, 1.54) is 5.56 Å². The van der Waals surface area contributed by atoms with E-state index < -0.39 is 0 Å². The molecule has 5 heteroatoms. The predicted octanol–water partition coefficient (Wildman–Crippen LogP) is 1.69. The molecule has 4 rings (SSSR count). The first-order valence-corrected chi connectivity index (χ1v) is 9.73. The number of rotatable bonds is 4. The Hall–Kier alpha value is -2.21. The molecule has 0 saturated carbocycles. The fraction of sp³-hybridized carbons (Fsp3) is 0.409. The van der Waals surface area contributed by atoms with E-state index in [-0.39, 0.29) is 18.1 Å². The molecular weight excluding hydrogens is 338 g/mol. The van der Waals surface area contributed by atoms with Gasteiger partial charge in [-0.1, -0.05) is 48.5 Å². The summed E-state index contributed by atoms with van der Waals surface area (Å²) in [6.07, 6.45) is -0.329. The molecule has 1 amide bonds. The Morgan fingerprint density at radius 3 is 2.19 bits per heavy atom. The van der Waals surface area contributed by atoms with Crippen LogP contribution in [0.2, 0.25) is 0 Å². The lowest BCUT2D eigenvalue weighted by molar-refractivity contribution is 0.0376.